The first-order chi connectivity index (χ1) is 11.6. The fraction of sp³-hybridized carbons (Fsp3) is 0.235. The lowest BCUT2D eigenvalue weighted by Crippen LogP contribution is -2.00. The summed E-state index contributed by atoms with van der Waals surface area (Å²) in [4.78, 5) is 14.8. The Balaban J connectivity index is 1.46. The molecule has 0 radical (unpaired) electrons. The molecule has 1 heterocycles. The minimum absolute atomic E-state index is 0.0692. The molecule has 0 atom stereocenters. The molecule has 7 heteroatoms. The maximum absolute atomic E-state index is 10.6. The van der Waals surface area contributed by atoms with E-state index < -0.39 is 4.92 Å². The zero-order chi connectivity index (χ0) is 16.9. The topological polar surface area (TPSA) is 70.2 Å². The molecular formula is C17H17N3O3S. The summed E-state index contributed by atoms with van der Waals surface area (Å²) in [6.45, 7) is 0.564. The van der Waals surface area contributed by atoms with Crippen LogP contribution in [0.15, 0.2) is 53.7 Å². The van der Waals surface area contributed by atoms with E-state index in [0.717, 1.165) is 28.4 Å². The van der Waals surface area contributed by atoms with E-state index >= 15 is 0 Å². The molecule has 24 heavy (non-hydrogen) atoms. The minimum atomic E-state index is -0.419. The molecule has 0 bridgehead atoms. The van der Waals surface area contributed by atoms with Crippen molar-refractivity contribution in [3.8, 4) is 5.75 Å². The van der Waals surface area contributed by atoms with Crippen LogP contribution in [0.25, 0.3) is 11.0 Å². The highest BCUT2D eigenvalue weighted by atomic mass is 32.2. The number of hydrogen-bond acceptors (Lipinski definition) is 5. The van der Waals surface area contributed by atoms with Crippen LogP contribution >= 0.6 is 11.8 Å². The van der Waals surface area contributed by atoms with Crippen molar-refractivity contribution in [2.45, 2.75) is 11.6 Å². The van der Waals surface area contributed by atoms with E-state index in [1.807, 2.05) is 25.2 Å². The van der Waals surface area contributed by atoms with Crippen molar-refractivity contribution in [1.29, 1.82) is 0 Å². The number of imidazole rings is 1. The quantitative estimate of drug-likeness (QED) is 0.280. The summed E-state index contributed by atoms with van der Waals surface area (Å²) in [6, 6.07) is 14.2. The van der Waals surface area contributed by atoms with Crippen LogP contribution in [0.2, 0.25) is 0 Å². The highest BCUT2D eigenvalue weighted by Crippen LogP contribution is 2.23. The van der Waals surface area contributed by atoms with Crippen LogP contribution in [-0.4, -0.2) is 26.8 Å². The second-order valence-electron chi connectivity index (χ2n) is 5.24. The number of nitro groups is 1. The molecule has 0 aliphatic carbocycles. The molecule has 2 aromatic carbocycles. The van der Waals surface area contributed by atoms with Gasteiger partial charge in [0, 0.05) is 24.9 Å². The molecule has 0 saturated heterocycles. The molecule has 6 nitrogen and oxygen atoms in total. The Morgan fingerprint density at radius 1 is 1.21 bits per heavy atom. The molecule has 0 aliphatic rings. The van der Waals surface area contributed by atoms with Crippen LogP contribution in [0, 0.1) is 10.1 Å². The monoisotopic (exact) mass is 343 g/mol. The summed E-state index contributed by atoms with van der Waals surface area (Å²) in [5.41, 5.74) is 2.20. The van der Waals surface area contributed by atoms with Gasteiger partial charge in [-0.15, -0.1) is 0 Å². The Hall–Kier alpha value is -2.54. The molecule has 0 fully saturated rings. The number of aryl methyl sites for hydroxylation is 1. The second kappa shape index (κ2) is 7.35. The molecule has 1 aromatic heterocycles. The van der Waals surface area contributed by atoms with E-state index in [4.69, 9.17) is 4.74 Å². The number of para-hydroxylation sites is 2. The first kappa shape index (κ1) is 16.3. The van der Waals surface area contributed by atoms with Crippen molar-refractivity contribution in [2.75, 3.05) is 12.4 Å². The average Bonchev–Trinajstić information content (AvgIpc) is 2.91. The van der Waals surface area contributed by atoms with Gasteiger partial charge in [0.15, 0.2) is 5.16 Å². The predicted molar refractivity (Wildman–Crippen MR) is 94.6 cm³/mol. The predicted octanol–water partition coefficient (Wildman–Crippen LogP) is 4.04. The number of thioether (sulfide) groups is 1. The molecule has 3 aromatic rings. The van der Waals surface area contributed by atoms with Gasteiger partial charge in [0.2, 0.25) is 0 Å². The highest BCUT2D eigenvalue weighted by molar-refractivity contribution is 7.99. The fourth-order valence-corrected chi connectivity index (χ4v) is 3.23. The van der Waals surface area contributed by atoms with Crippen molar-refractivity contribution in [1.82, 2.24) is 9.55 Å². The van der Waals surface area contributed by atoms with Crippen molar-refractivity contribution in [3.05, 3.63) is 58.6 Å². The fourth-order valence-electron chi connectivity index (χ4n) is 2.33. The molecular weight excluding hydrogens is 326 g/mol. The summed E-state index contributed by atoms with van der Waals surface area (Å²) in [5.74, 6) is 1.54. The molecule has 0 N–H and O–H groups in total. The van der Waals surface area contributed by atoms with E-state index in [-0.39, 0.29) is 5.69 Å². The zero-order valence-electron chi connectivity index (χ0n) is 13.2. The number of fused-ring (bicyclic) bond motifs is 1. The van der Waals surface area contributed by atoms with Gasteiger partial charge in [-0.2, -0.15) is 0 Å². The van der Waals surface area contributed by atoms with Gasteiger partial charge in [0.05, 0.1) is 22.6 Å². The first-order valence-corrected chi connectivity index (χ1v) is 8.55. The Bertz CT molecular complexity index is 846. The van der Waals surface area contributed by atoms with E-state index in [1.54, 1.807) is 23.9 Å². The summed E-state index contributed by atoms with van der Waals surface area (Å²) in [6.07, 6.45) is 0.866. The largest absolute Gasteiger partial charge is 0.494 e. The van der Waals surface area contributed by atoms with E-state index in [2.05, 4.69) is 15.6 Å². The van der Waals surface area contributed by atoms with Crippen molar-refractivity contribution < 1.29 is 9.66 Å². The molecule has 0 saturated carbocycles. The van der Waals surface area contributed by atoms with Crippen molar-refractivity contribution in [2.24, 2.45) is 7.05 Å². The van der Waals surface area contributed by atoms with Gasteiger partial charge in [-0.3, -0.25) is 10.1 Å². The van der Waals surface area contributed by atoms with E-state index in [9.17, 15) is 10.1 Å². The van der Waals surface area contributed by atoms with Crippen LogP contribution in [-0.2, 0) is 7.05 Å². The van der Waals surface area contributed by atoms with Crippen molar-refractivity contribution >= 4 is 28.5 Å². The van der Waals surface area contributed by atoms with Gasteiger partial charge in [0.25, 0.3) is 5.69 Å². The lowest BCUT2D eigenvalue weighted by Gasteiger charge is -2.06. The van der Waals surface area contributed by atoms with Gasteiger partial charge in [-0.05, 0) is 30.7 Å². The van der Waals surface area contributed by atoms with Crippen molar-refractivity contribution in [3.63, 3.8) is 0 Å². The lowest BCUT2D eigenvalue weighted by molar-refractivity contribution is -0.384. The van der Waals surface area contributed by atoms with Gasteiger partial charge >= 0.3 is 0 Å². The average molecular weight is 343 g/mol. The Labute approximate surface area is 143 Å². The Kier molecular flexibility index (Phi) is 5.00. The number of benzene rings is 2. The summed E-state index contributed by atoms with van der Waals surface area (Å²) in [7, 11) is 2.02. The molecule has 124 valence electrons. The van der Waals surface area contributed by atoms with Gasteiger partial charge < -0.3 is 9.30 Å². The summed E-state index contributed by atoms with van der Waals surface area (Å²) in [5, 5.41) is 11.6. The lowest BCUT2D eigenvalue weighted by atomic mass is 10.3. The molecule has 0 aliphatic heterocycles. The van der Waals surface area contributed by atoms with Crippen LogP contribution in [0.4, 0.5) is 5.69 Å². The zero-order valence-corrected chi connectivity index (χ0v) is 14.0. The SMILES string of the molecule is Cn1c(SCCCOc2ccc([N+](=O)[O-])cc2)nc2ccccc21. The third-order valence-corrected chi connectivity index (χ3v) is 4.70. The van der Waals surface area contributed by atoms with E-state index in [1.165, 1.54) is 12.1 Å². The van der Waals surface area contributed by atoms with E-state index in [0.29, 0.717) is 12.4 Å². The van der Waals surface area contributed by atoms with Crippen LogP contribution in [0.5, 0.6) is 5.75 Å². The number of rotatable bonds is 7. The number of ether oxygens (including phenoxy) is 1. The third kappa shape index (κ3) is 3.68. The minimum Gasteiger partial charge on any atom is -0.494 e. The Morgan fingerprint density at radius 3 is 2.67 bits per heavy atom. The number of hydrogen-bond donors (Lipinski definition) is 0. The summed E-state index contributed by atoms with van der Waals surface area (Å²) < 4.78 is 7.70. The van der Waals surface area contributed by atoms with Crippen LogP contribution in [0.3, 0.4) is 0 Å². The van der Waals surface area contributed by atoms with Gasteiger partial charge in [-0.1, -0.05) is 23.9 Å². The smallest absolute Gasteiger partial charge is 0.269 e. The maximum Gasteiger partial charge on any atom is 0.269 e. The Morgan fingerprint density at radius 2 is 1.96 bits per heavy atom. The molecule has 0 amide bonds. The standard InChI is InChI=1S/C17H17N3O3S/c1-19-16-6-3-2-5-15(16)18-17(19)24-12-4-11-23-14-9-7-13(8-10-14)20(21)22/h2-3,5-10H,4,11-12H2,1H3. The third-order valence-electron chi connectivity index (χ3n) is 3.58. The number of nitro benzene ring substituents is 1. The van der Waals surface area contributed by atoms with Gasteiger partial charge in [0.1, 0.15) is 5.75 Å². The first-order valence-electron chi connectivity index (χ1n) is 7.56. The number of non-ortho nitro benzene ring substituents is 1. The maximum atomic E-state index is 10.6. The van der Waals surface area contributed by atoms with Crippen LogP contribution in [0.1, 0.15) is 6.42 Å². The van der Waals surface area contributed by atoms with Crippen LogP contribution < -0.4 is 4.74 Å². The normalized spacial score (nSPS) is 10.9. The summed E-state index contributed by atoms with van der Waals surface area (Å²) >= 11 is 1.70. The number of aromatic nitrogens is 2. The highest BCUT2D eigenvalue weighted by Gasteiger charge is 2.07. The van der Waals surface area contributed by atoms with Gasteiger partial charge in [-0.25, -0.2) is 4.98 Å². The second-order valence-corrected chi connectivity index (χ2v) is 6.31. The number of nitrogens with zero attached hydrogens (tertiary/aromatic N) is 3. The molecule has 0 spiro atoms. The molecule has 3 rings (SSSR count). The molecule has 0 unspecified atom stereocenters.